The van der Waals surface area contributed by atoms with Gasteiger partial charge in [-0.15, -0.1) is 11.3 Å². The predicted octanol–water partition coefficient (Wildman–Crippen LogP) is 25.3. The Morgan fingerprint density at radius 2 is 0.830 bits per heavy atom. The first-order valence-corrected chi connectivity index (χ1v) is 39.8. The number of fused-ring (bicyclic) bond motifs is 8. The normalized spacial score (nSPS) is 13.1. The molecule has 0 N–H and O–H groups in total. The summed E-state index contributed by atoms with van der Waals surface area (Å²) in [6.45, 7) is 11.3. The lowest BCUT2D eigenvalue weighted by molar-refractivity contribution is 0.311. The van der Waals surface area contributed by atoms with Crippen molar-refractivity contribution >= 4 is 142 Å². The van der Waals surface area contributed by atoms with Crippen molar-refractivity contribution in [2.75, 3.05) is 27.8 Å². The van der Waals surface area contributed by atoms with Crippen molar-refractivity contribution in [1.82, 2.24) is 19.9 Å². The molecule has 112 heavy (non-hydrogen) atoms. The first-order valence-electron chi connectivity index (χ1n) is 37.6. The first-order chi connectivity index (χ1) is 54.4. The van der Waals surface area contributed by atoms with Gasteiger partial charge in [0.25, 0.3) is 0 Å². The quantitative estimate of drug-likeness (QED) is 0.0762. The van der Waals surface area contributed by atoms with E-state index < -0.39 is 15.1 Å². The van der Waals surface area contributed by atoms with E-state index in [0.717, 1.165) is 119 Å². The Kier molecular flexibility index (Phi) is 19.8. The molecule has 0 bridgehead atoms. The highest BCUT2D eigenvalue weighted by Crippen LogP contribution is 2.52. The monoisotopic (exact) mass is 1490 g/mol. The van der Waals surface area contributed by atoms with Crippen molar-refractivity contribution in [3.05, 3.63) is 362 Å². The topological polar surface area (TPSA) is 119 Å². The molecule has 0 fully saturated rings. The number of anilines is 7. The molecule has 5 aromatic heterocycles. The highest BCUT2D eigenvalue weighted by atomic mass is 32.1. The van der Waals surface area contributed by atoms with E-state index in [4.69, 9.17) is 20.8 Å². The average molecular weight is 1490 g/mol. The van der Waals surface area contributed by atoms with Gasteiger partial charge >= 0.3 is 20.8 Å². The number of hydrogen-bond acceptors (Lipinski definition) is 13. The molecule has 0 amide bonds. The van der Waals surface area contributed by atoms with E-state index in [1.807, 2.05) is 121 Å². The minimum atomic E-state index is -2.86. The molecule has 0 atom stereocenters. The third kappa shape index (κ3) is 14.2. The number of rotatable bonds is 14. The molecule has 546 valence electrons. The van der Waals surface area contributed by atoms with Gasteiger partial charge in [0.1, 0.15) is 44.4 Å². The number of nitrogens with zero attached hydrogens (tertiary/aromatic N) is 7. The zero-order valence-corrected chi connectivity index (χ0v) is 63.8. The first kappa shape index (κ1) is 71.9. The molecule has 0 saturated heterocycles. The van der Waals surface area contributed by atoms with Gasteiger partial charge in [0.2, 0.25) is 0 Å². The van der Waals surface area contributed by atoms with Crippen molar-refractivity contribution in [2.45, 2.75) is 58.8 Å². The second-order valence-corrected chi connectivity index (χ2v) is 31.6. The van der Waals surface area contributed by atoms with E-state index >= 15 is 0 Å². The van der Waals surface area contributed by atoms with Gasteiger partial charge in [0.05, 0.1) is 27.2 Å². The lowest BCUT2D eigenvalue weighted by Crippen LogP contribution is -2.44. The van der Waals surface area contributed by atoms with E-state index in [-0.39, 0.29) is 23.9 Å². The highest BCUT2D eigenvalue weighted by Gasteiger charge is 2.46. The average Bonchev–Trinajstić information content (AvgIpc) is 0.798. The summed E-state index contributed by atoms with van der Waals surface area (Å²) >= 11 is -1.31. The fourth-order valence-electron chi connectivity index (χ4n) is 15.6. The summed E-state index contributed by atoms with van der Waals surface area (Å²) in [5.74, 6) is 1.82. The van der Waals surface area contributed by atoms with Crippen LogP contribution in [0.3, 0.4) is 0 Å². The largest absolute Gasteiger partial charge is 1.20 e. The maximum Gasteiger partial charge on any atom is 1.20 e. The Hall–Kier alpha value is -13.0. The molecule has 18 aromatic rings. The minimum absolute atomic E-state index is 0. The Labute approximate surface area is 660 Å². The summed E-state index contributed by atoms with van der Waals surface area (Å²) in [5, 5.41) is 9.57. The number of para-hydroxylation sites is 6. The van der Waals surface area contributed by atoms with Gasteiger partial charge in [0, 0.05) is 98.0 Å². The third-order valence-electron chi connectivity index (χ3n) is 21.3. The molecule has 0 radical (unpaired) electrons. The Bertz CT molecular complexity index is 6120. The van der Waals surface area contributed by atoms with Gasteiger partial charge in [-0.1, -0.05) is 235 Å². The maximum atomic E-state index is 13.2. The van der Waals surface area contributed by atoms with Crippen LogP contribution in [0, 0.1) is 0 Å². The molecule has 12 nitrogen and oxygen atoms in total. The van der Waals surface area contributed by atoms with Crippen molar-refractivity contribution in [3.63, 3.8) is 0 Å². The van der Waals surface area contributed by atoms with Crippen LogP contribution in [0.2, 0.25) is 0 Å². The molecule has 7 heterocycles. The van der Waals surface area contributed by atoms with Crippen LogP contribution in [-0.4, -0.2) is 48.2 Å². The van der Waals surface area contributed by atoms with Crippen LogP contribution in [0.5, 0.6) is 17.2 Å². The Morgan fingerprint density at radius 1 is 0.420 bits per heavy atom. The minimum Gasteiger partial charge on any atom is -0.576 e. The van der Waals surface area contributed by atoms with Crippen LogP contribution in [0.4, 0.5) is 39.8 Å². The molecule has 0 spiro atoms. The van der Waals surface area contributed by atoms with Crippen LogP contribution in [-0.2, 0) is 10.8 Å². The second kappa shape index (κ2) is 30.8. The molecule has 20 rings (SSSR count). The summed E-state index contributed by atoms with van der Waals surface area (Å²) in [5.41, 5.74) is 17.3. The van der Waals surface area contributed by atoms with Gasteiger partial charge in [-0.05, 0) is 172 Å². The lowest BCUT2D eigenvalue weighted by Gasteiger charge is -2.48. The van der Waals surface area contributed by atoms with Crippen molar-refractivity contribution in [3.8, 4) is 38.9 Å². The molecule has 0 aliphatic carbocycles. The number of hydrogen-bond donors (Lipinski definition) is 0. The zero-order valence-electron chi connectivity index (χ0n) is 61.8. The van der Waals surface area contributed by atoms with Crippen LogP contribution in [0.25, 0.3) is 97.1 Å². The molecule has 2 aliphatic heterocycles. The van der Waals surface area contributed by atoms with E-state index in [9.17, 15) is 4.79 Å². The summed E-state index contributed by atoms with van der Waals surface area (Å²) in [7, 11) is 0. The summed E-state index contributed by atoms with van der Waals surface area (Å²) in [6.07, 6.45) is 7.43. The fourth-order valence-corrected chi connectivity index (χ4v) is 17.9. The number of benzene rings is 13. The van der Waals surface area contributed by atoms with E-state index in [0.29, 0.717) is 22.8 Å². The lowest BCUT2D eigenvalue weighted by atomic mass is 9.69. The van der Waals surface area contributed by atoms with Crippen molar-refractivity contribution < 1.29 is 15.8 Å². The van der Waals surface area contributed by atoms with Crippen LogP contribution in [0.1, 0.15) is 59.1 Å². The predicted molar refractivity (Wildman–Crippen MR) is 464 cm³/mol. The standard InChI is InChI=1S/C44H32N2.C26H26N2O2S.3C9H7NO.CH4.Al/c1-3-17-37(18-4-1)45(43-23-11-15-35-13-7-9-21-41(35)43)39-29-25-33(26-30-39)34-27-31-40(32-28-34)46(38-19-5-2-6-20-38)44-24-12-16-36-14-8-10-22-42(36)44;1-25(2)9-11-28-12-10-26(3,4)20-21(28)17(25)14-15-13-16(24(29)30-22(15)20)23-27-18-7-5-6-8-19(18)31-23;3*11-8-5-1-3-7-4-2-6-10-9(7)8;;/h1-32H;5-8,13-14H,9-12H2,1-4H3;3*1-6,11H;1H4;/q;;;;;;+3/p-3. The molecule has 0 saturated carbocycles. The van der Waals surface area contributed by atoms with E-state index in [2.05, 4.69) is 258 Å². The second-order valence-electron chi connectivity index (χ2n) is 29.3. The molecule has 2 aliphatic rings. The van der Waals surface area contributed by atoms with Crippen LogP contribution in [0.15, 0.2) is 349 Å². The third-order valence-corrected chi connectivity index (χ3v) is 23.7. The molecule has 13 aromatic carbocycles. The molecular formula is C98H80AlN7O5S. The van der Waals surface area contributed by atoms with Gasteiger partial charge in [-0.3, -0.25) is 15.0 Å². The number of aromatic nitrogens is 4. The van der Waals surface area contributed by atoms with Crippen molar-refractivity contribution in [1.29, 1.82) is 0 Å². The molecular weight excluding hydrogens is 1410 g/mol. The SMILES string of the molecule is C.CC1(C)CCN2CCC(C)(C)c3c2c1cc1cc(-c2nc4ccccc4s2)c(=O)oc31.c1ccc(N(c2ccc(-c3ccc(N(c4ccccc4)c4cccc5ccccc45)cc3)cc2)c2cccc3ccccc23)cc1.c1cnc2c([O][Al]([O]c3cccc4cccnc34)[O]c3cccc4cccnc34)cccc2c1. The number of pyridine rings is 3. The summed E-state index contributed by atoms with van der Waals surface area (Å²) < 4.78 is 26.4. The van der Waals surface area contributed by atoms with Gasteiger partial charge in [-0.2, -0.15) is 0 Å². The van der Waals surface area contributed by atoms with Gasteiger partial charge < -0.3 is 30.5 Å². The van der Waals surface area contributed by atoms with E-state index in [1.165, 1.54) is 49.5 Å². The fraction of sp³-hybridized carbons (Fsp3) is 0.112. The van der Waals surface area contributed by atoms with E-state index in [1.54, 1.807) is 29.9 Å². The van der Waals surface area contributed by atoms with Gasteiger partial charge in [0.15, 0.2) is 0 Å². The smallest absolute Gasteiger partial charge is 0.576 e. The van der Waals surface area contributed by atoms with Gasteiger partial charge in [-0.25, -0.2) is 9.78 Å². The van der Waals surface area contributed by atoms with Crippen LogP contribution < -0.4 is 31.7 Å². The molecule has 14 heteroatoms. The van der Waals surface area contributed by atoms with Crippen molar-refractivity contribution in [2.24, 2.45) is 0 Å². The van der Waals surface area contributed by atoms with Crippen LogP contribution >= 0.6 is 11.3 Å². The molecule has 0 unspecified atom stereocenters. The summed E-state index contributed by atoms with van der Waals surface area (Å²) in [4.78, 5) is 38.6. The Morgan fingerprint density at radius 3 is 1.32 bits per heavy atom. The maximum absolute atomic E-state index is 13.2. The highest BCUT2D eigenvalue weighted by molar-refractivity contribution is 7.21. The Balaban J connectivity index is 0.000000124. The zero-order chi connectivity index (χ0) is 75.0. The number of thiazole rings is 1. The summed E-state index contributed by atoms with van der Waals surface area (Å²) in [6, 6.07) is 111.